The maximum absolute atomic E-state index is 12.3. The first-order valence-corrected chi connectivity index (χ1v) is 8.97. The molecule has 0 fully saturated rings. The summed E-state index contributed by atoms with van der Waals surface area (Å²) in [6.45, 7) is 2.33. The third-order valence-corrected chi connectivity index (χ3v) is 4.79. The molecule has 1 N–H and O–H groups in total. The van der Waals surface area contributed by atoms with Gasteiger partial charge in [0.2, 0.25) is 5.89 Å². The quantitative estimate of drug-likeness (QED) is 0.519. The number of aromatic nitrogens is 1. The molecule has 1 amide bonds. The van der Waals surface area contributed by atoms with Crippen molar-refractivity contribution in [3.05, 3.63) is 88.4 Å². The van der Waals surface area contributed by atoms with Crippen molar-refractivity contribution in [3.63, 3.8) is 0 Å². The Hall–Kier alpha value is -3.11. The summed E-state index contributed by atoms with van der Waals surface area (Å²) in [6, 6.07) is 20.7. The zero-order valence-corrected chi connectivity index (χ0v) is 15.5. The molecule has 0 radical (unpaired) electrons. The van der Waals surface area contributed by atoms with Crippen LogP contribution in [-0.4, -0.2) is 10.9 Å². The molecule has 27 heavy (non-hydrogen) atoms. The van der Waals surface area contributed by atoms with Gasteiger partial charge in [0.05, 0.1) is 0 Å². The van der Waals surface area contributed by atoms with Crippen molar-refractivity contribution >= 4 is 28.6 Å². The minimum atomic E-state index is -0.153. The molecule has 4 nitrogen and oxygen atoms in total. The molecule has 4 aromatic rings. The van der Waals surface area contributed by atoms with Gasteiger partial charge in [-0.1, -0.05) is 41.9 Å². The smallest absolute Gasteiger partial charge is 0.251 e. The largest absolute Gasteiger partial charge is 0.436 e. The van der Waals surface area contributed by atoms with Crippen molar-refractivity contribution in [1.82, 2.24) is 10.3 Å². The Kier molecular flexibility index (Phi) is 4.65. The van der Waals surface area contributed by atoms with Gasteiger partial charge in [-0.25, -0.2) is 4.98 Å². The predicted molar refractivity (Wildman–Crippen MR) is 107 cm³/mol. The number of nitrogens with zero attached hydrogens (tertiary/aromatic N) is 1. The number of benzene rings is 3. The fraction of sp³-hybridized carbons (Fsp3) is 0.0909. The number of amides is 1. The number of halogens is 1. The summed E-state index contributed by atoms with van der Waals surface area (Å²) in [5.41, 5.74) is 4.98. The third-order valence-electron chi connectivity index (χ3n) is 4.38. The van der Waals surface area contributed by atoms with E-state index in [1.165, 1.54) is 0 Å². The molecule has 0 bridgehead atoms. The summed E-state index contributed by atoms with van der Waals surface area (Å²) in [4.78, 5) is 16.8. The number of carbonyl (C=O) groups is 1. The molecule has 5 heteroatoms. The number of oxazole rings is 1. The second kappa shape index (κ2) is 7.25. The van der Waals surface area contributed by atoms with Crippen LogP contribution in [-0.2, 0) is 6.54 Å². The summed E-state index contributed by atoms with van der Waals surface area (Å²) < 4.78 is 5.78. The molecule has 0 saturated carbocycles. The van der Waals surface area contributed by atoms with Crippen molar-refractivity contribution in [2.75, 3.05) is 0 Å². The molecule has 3 aromatic carbocycles. The van der Waals surface area contributed by atoms with Crippen molar-refractivity contribution in [3.8, 4) is 11.5 Å². The van der Waals surface area contributed by atoms with Crippen LogP contribution in [0, 0.1) is 6.92 Å². The van der Waals surface area contributed by atoms with Crippen LogP contribution in [0.5, 0.6) is 0 Å². The Morgan fingerprint density at radius 3 is 2.59 bits per heavy atom. The van der Waals surface area contributed by atoms with Gasteiger partial charge in [-0.2, -0.15) is 0 Å². The molecule has 4 rings (SSSR count). The van der Waals surface area contributed by atoms with Gasteiger partial charge >= 0.3 is 0 Å². The van der Waals surface area contributed by atoms with Crippen LogP contribution in [0.2, 0.25) is 5.02 Å². The molecule has 0 unspecified atom stereocenters. The molecule has 0 atom stereocenters. The second-order valence-electron chi connectivity index (χ2n) is 6.33. The van der Waals surface area contributed by atoms with E-state index in [9.17, 15) is 4.79 Å². The first kappa shape index (κ1) is 17.3. The summed E-state index contributed by atoms with van der Waals surface area (Å²) in [5, 5.41) is 3.49. The first-order valence-electron chi connectivity index (χ1n) is 8.59. The topological polar surface area (TPSA) is 55.1 Å². The van der Waals surface area contributed by atoms with E-state index in [2.05, 4.69) is 10.3 Å². The van der Waals surface area contributed by atoms with E-state index in [1.807, 2.05) is 61.5 Å². The van der Waals surface area contributed by atoms with Crippen molar-refractivity contribution < 1.29 is 9.21 Å². The van der Waals surface area contributed by atoms with E-state index in [0.717, 1.165) is 27.8 Å². The molecule has 134 valence electrons. The van der Waals surface area contributed by atoms with Crippen molar-refractivity contribution in [2.45, 2.75) is 13.5 Å². The number of fused-ring (bicyclic) bond motifs is 1. The number of hydrogen-bond acceptors (Lipinski definition) is 3. The second-order valence-corrected chi connectivity index (χ2v) is 6.74. The number of para-hydroxylation sites is 2. The molecule has 0 aliphatic carbocycles. The molecular formula is C22H17ClN2O2. The molecule has 0 aliphatic rings. The lowest BCUT2D eigenvalue weighted by Crippen LogP contribution is -2.22. The van der Waals surface area contributed by atoms with E-state index >= 15 is 0 Å². The van der Waals surface area contributed by atoms with Gasteiger partial charge < -0.3 is 9.73 Å². The molecule has 1 aromatic heterocycles. The van der Waals surface area contributed by atoms with Crippen LogP contribution >= 0.6 is 11.6 Å². The van der Waals surface area contributed by atoms with Gasteiger partial charge in [-0.05, 0) is 54.4 Å². The lowest BCUT2D eigenvalue weighted by atomic mass is 10.1. The van der Waals surface area contributed by atoms with Gasteiger partial charge in [0, 0.05) is 22.7 Å². The molecule has 0 saturated heterocycles. The lowest BCUT2D eigenvalue weighted by Gasteiger charge is -2.07. The number of aryl methyl sites for hydroxylation is 1. The molecular weight excluding hydrogens is 360 g/mol. The number of carbonyl (C=O) groups excluding carboxylic acids is 1. The van der Waals surface area contributed by atoms with E-state index in [0.29, 0.717) is 23.0 Å². The van der Waals surface area contributed by atoms with E-state index in [1.54, 1.807) is 12.1 Å². The van der Waals surface area contributed by atoms with Gasteiger partial charge in [0.1, 0.15) is 5.52 Å². The molecule has 0 spiro atoms. The van der Waals surface area contributed by atoms with Crippen LogP contribution in [0.3, 0.4) is 0 Å². The Balaban J connectivity index is 1.44. The van der Waals surface area contributed by atoms with Crippen LogP contribution in [0.1, 0.15) is 21.5 Å². The van der Waals surface area contributed by atoms with E-state index in [4.69, 9.17) is 16.0 Å². The standard InChI is InChI=1S/C22H17ClN2O2/c1-14-6-9-17(12-18(14)23)21(26)24-13-15-7-10-16(11-8-15)22-25-19-4-2-3-5-20(19)27-22/h2-12H,13H2,1H3,(H,24,26). The highest BCUT2D eigenvalue weighted by atomic mass is 35.5. The highest BCUT2D eigenvalue weighted by Crippen LogP contribution is 2.24. The van der Waals surface area contributed by atoms with E-state index in [-0.39, 0.29) is 5.91 Å². The average Bonchev–Trinajstić information content (AvgIpc) is 3.13. The molecule has 0 aliphatic heterocycles. The van der Waals surface area contributed by atoms with Gasteiger partial charge in [0.15, 0.2) is 5.58 Å². The van der Waals surface area contributed by atoms with Crippen LogP contribution < -0.4 is 5.32 Å². The summed E-state index contributed by atoms with van der Waals surface area (Å²) in [7, 11) is 0. The Bertz CT molecular complexity index is 1080. The SMILES string of the molecule is Cc1ccc(C(=O)NCc2ccc(-c3nc4ccccc4o3)cc2)cc1Cl. The minimum Gasteiger partial charge on any atom is -0.436 e. The fourth-order valence-electron chi connectivity index (χ4n) is 2.78. The number of hydrogen-bond donors (Lipinski definition) is 1. The van der Waals surface area contributed by atoms with E-state index < -0.39 is 0 Å². The van der Waals surface area contributed by atoms with Crippen LogP contribution in [0.15, 0.2) is 71.1 Å². The normalized spacial score (nSPS) is 10.9. The van der Waals surface area contributed by atoms with Crippen LogP contribution in [0.4, 0.5) is 0 Å². The number of nitrogens with one attached hydrogen (secondary N) is 1. The monoisotopic (exact) mass is 376 g/mol. The zero-order chi connectivity index (χ0) is 18.8. The van der Waals surface area contributed by atoms with Crippen molar-refractivity contribution in [2.24, 2.45) is 0 Å². The van der Waals surface area contributed by atoms with Crippen molar-refractivity contribution in [1.29, 1.82) is 0 Å². The maximum atomic E-state index is 12.3. The van der Waals surface area contributed by atoms with Crippen LogP contribution in [0.25, 0.3) is 22.6 Å². The summed E-state index contributed by atoms with van der Waals surface area (Å²) in [6.07, 6.45) is 0. The maximum Gasteiger partial charge on any atom is 0.251 e. The Morgan fingerprint density at radius 1 is 1.07 bits per heavy atom. The van der Waals surface area contributed by atoms with Gasteiger partial charge in [-0.15, -0.1) is 0 Å². The average molecular weight is 377 g/mol. The zero-order valence-electron chi connectivity index (χ0n) is 14.7. The highest BCUT2D eigenvalue weighted by Gasteiger charge is 2.09. The highest BCUT2D eigenvalue weighted by molar-refractivity contribution is 6.31. The summed E-state index contributed by atoms with van der Waals surface area (Å²) >= 11 is 6.09. The summed E-state index contributed by atoms with van der Waals surface area (Å²) in [5.74, 6) is 0.431. The third kappa shape index (κ3) is 3.71. The Morgan fingerprint density at radius 2 is 1.85 bits per heavy atom. The molecule has 1 heterocycles. The Labute approximate surface area is 161 Å². The lowest BCUT2D eigenvalue weighted by molar-refractivity contribution is 0.0951. The predicted octanol–water partition coefficient (Wildman–Crippen LogP) is 5.39. The van der Waals surface area contributed by atoms with Gasteiger partial charge in [0.25, 0.3) is 5.91 Å². The van der Waals surface area contributed by atoms with Gasteiger partial charge in [-0.3, -0.25) is 4.79 Å². The fourth-order valence-corrected chi connectivity index (χ4v) is 2.96. The minimum absolute atomic E-state index is 0.153. The number of rotatable bonds is 4. The first-order chi connectivity index (χ1) is 13.1.